The summed E-state index contributed by atoms with van der Waals surface area (Å²) in [4.78, 5) is 1.33. The molecular formula is C9H12ClNS. The smallest absolute Gasteiger partial charge is 0.0545 e. The SMILES string of the molecule is CC1(Cc2sccc2Cl)CNC1. The van der Waals surface area contributed by atoms with E-state index in [2.05, 4.69) is 17.6 Å². The molecule has 1 aliphatic rings. The fourth-order valence-corrected chi connectivity index (χ4v) is 2.83. The van der Waals surface area contributed by atoms with Crippen molar-refractivity contribution < 1.29 is 0 Å². The molecule has 0 amide bonds. The van der Waals surface area contributed by atoms with Crippen molar-refractivity contribution >= 4 is 22.9 Å². The van der Waals surface area contributed by atoms with E-state index in [0.29, 0.717) is 5.41 Å². The first kappa shape index (κ1) is 8.54. The Morgan fingerprint density at radius 3 is 2.83 bits per heavy atom. The second kappa shape index (κ2) is 3.02. The van der Waals surface area contributed by atoms with Gasteiger partial charge in [-0.15, -0.1) is 11.3 Å². The second-order valence-electron chi connectivity index (χ2n) is 3.78. The molecule has 1 aromatic heterocycles. The molecular weight excluding hydrogens is 190 g/mol. The van der Waals surface area contributed by atoms with Gasteiger partial charge in [0.2, 0.25) is 0 Å². The standard InChI is InChI=1S/C9H12ClNS/c1-9(5-11-6-9)4-8-7(10)2-3-12-8/h2-3,11H,4-6H2,1H3. The fourth-order valence-electron chi connectivity index (χ4n) is 1.52. The molecule has 0 bridgehead atoms. The van der Waals surface area contributed by atoms with Gasteiger partial charge in [0.1, 0.15) is 0 Å². The Balaban J connectivity index is 2.08. The Morgan fingerprint density at radius 2 is 2.42 bits per heavy atom. The van der Waals surface area contributed by atoms with E-state index in [1.54, 1.807) is 11.3 Å². The minimum absolute atomic E-state index is 0.453. The molecule has 1 aromatic rings. The maximum atomic E-state index is 6.02. The third kappa shape index (κ3) is 1.51. The molecule has 12 heavy (non-hydrogen) atoms. The topological polar surface area (TPSA) is 12.0 Å². The number of nitrogens with one attached hydrogen (secondary N) is 1. The molecule has 0 atom stereocenters. The van der Waals surface area contributed by atoms with Crippen LogP contribution >= 0.6 is 22.9 Å². The summed E-state index contributed by atoms with van der Waals surface area (Å²) >= 11 is 7.78. The van der Waals surface area contributed by atoms with E-state index < -0.39 is 0 Å². The van der Waals surface area contributed by atoms with Gasteiger partial charge >= 0.3 is 0 Å². The maximum absolute atomic E-state index is 6.02. The van der Waals surface area contributed by atoms with E-state index in [1.165, 1.54) is 4.88 Å². The maximum Gasteiger partial charge on any atom is 0.0545 e. The summed E-state index contributed by atoms with van der Waals surface area (Å²) in [5, 5.41) is 6.30. The average Bonchev–Trinajstić information content (AvgIpc) is 2.34. The van der Waals surface area contributed by atoms with Crippen molar-refractivity contribution in [2.45, 2.75) is 13.3 Å². The normalized spacial score (nSPS) is 20.5. The molecule has 0 aromatic carbocycles. The molecule has 1 saturated heterocycles. The molecule has 0 saturated carbocycles. The molecule has 1 N–H and O–H groups in total. The summed E-state index contributed by atoms with van der Waals surface area (Å²) in [5.41, 5.74) is 0.453. The number of thiophene rings is 1. The largest absolute Gasteiger partial charge is 0.316 e. The zero-order valence-corrected chi connectivity index (χ0v) is 8.63. The highest BCUT2D eigenvalue weighted by molar-refractivity contribution is 7.10. The van der Waals surface area contributed by atoms with Gasteiger partial charge < -0.3 is 5.32 Å². The van der Waals surface area contributed by atoms with Crippen LogP contribution in [0, 0.1) is 5.41 Å². The van der Waals surface area contributed by atoms with Gasteiger partial charge in [0.05, 0.1) is 5.02 Å². The molecule has 2 heterocycles. The molecule has 2 rings (SSSR count). The van der Waals surface area contributed by atoms with Crippen molar-refractivity contribution in [3.05, 3.63) is 21.3 Å². The van der Waals surface area contributed by atoms with Crippen LogP contribution in [0.15, 0.2) is 11.4 Å². The summed E-state index contributed by atoms with van der Waals surface area (Å²) in [7, 11) is 0. The molecule has 0 spiro atoms. The van der Waals surface area contributed by atoms with E-state index >= 15 is 0 Å². The first-order valence-corrected chi connectivity index (χ1v) is 5.38. The van der Waals surface area contributed by atoms with Gasteiger partial charge in [0.15, 0.2) is 0 Å². The van der Waals surface area contributed by atoms with Crippen LogP contribution in [0.1, 0.15) is 11.8 Å². The van der Waals surface area contributed by atoms with Crippen molar-refractivity contribution in [3.63, 3.8) is 0 Å². The minimum atomic E-state index is 0.453. The highest BCUT2D eigenvalue weighted by Gasteiger charge is 2.32. The van der Waals surface area contributed by atoms with Gasteiger partial charge in [0, 0.05) is 18.0 Å². The van der Waals surface area contributed by atoms with Crippen LogP contribution in [0.5, 0.6) is 0 Å². The Labute approximate surface area is 81.7 Å². The van der Waals surface area contributed by atoms with Crippen LogP contribution < -0.4 is 5.32 Å². The van der Waals surface area contributed by atoms with Crippen LogP contribution in [0.4, 0.5) is 0 Å². The monoisotopic (exact) mass is 201 g/mol. The quantitative estimate of drug-likeness (QED) is 0.776. The van der Waals surface area contributed by atoms with Gasteiger partial charge in [-0.2, -0.15) is 0 Å². The molecule has 0 radical (unpaired) electrons. The summed E-state index contributed by atoms with van der Waals surface area (Å²) in [6, 6.07) is 1.98. The molecule has 0 aliphatic carbocycles. The van der Waals surface area contributed by atoms with Crippen LogP contribution in [-0.4, -0.2) is 13.1 Å². The molecule has 1 aliphatic heterocycles. The first-order chi connectivity index (χ1) is 5.70. The van der Waals surface area contributed by atoms with Crippen LogP contribution in [0.3, 0.4) is 0 Å². The third-order valence-electron chi connectivity index (χ3n) is 2.38. The molecule has 3 heteroatoms. The van der Waals surface area contributed by atoms with Gasteiger partial charge in [-0.05, 0) is 23.3 Å². The second-order valence-corrected chi connectivity index (χ2v) is 5.19. The van der Waals surface area contributed by atoms with Crippen molar-refractivity contribution in [2.75, 3.05) is 13.1 Å². The predicted octanol–water partition coefficient (Wildman–Crippen LogP) is 2.55. The number of hydrogen-bond acceptors (Lipinski definition) is 2. The average molecular weight is 202 g/mol. The van der Waals surface area contributed by atoms with Gasteiger partial charge in [-0.25, -0.2) is 0 Å². The van der Waals surface area contributed by atoms with Crippen molar-refractivity contribution in [3.8, 4) is 0 Å². The van der Waals surface area contributed by atoms with Crippen molar-refractivity contribution in [1.82, 2.24) is 5.32 Å². The summed E-state index contributed by atoms with van der Waals surface area (Å²) in [5.74, 6) is 0. The van der Waals surface area contributed by atoms with Crippen molar-refractivity contribution in [1.29, 1.82) is 0 Å². The zero-order chi connectivity index (χ0) is 8.60. The van der Waals surface area contributed by atoms with E-state index in [0.717, 1.165) is 24.5 Å². The highest BCUT2D eigenvalue weighted by atomic mass is 35.5. The van der Waals surface area contributed by atoms with E-state index in [1.807, 2.05) is 6.07 Å². The highest BCUT2D eigenvalue weighted by Crippen LogP contribution is 2.32. The molecule has 1 fully saturated rings. The van der Waals surface area contributed by atoms with Crippen LogP contribution in [-0.2, 0) is 6.42 Å². The minimum Gasteiger partial charge on any atom is -0.316 e. The summed E-state index contributed by atoms with van der Waals surface area (Å²) in [6.07, 6.45) is 1.12. The number of halogens is 1. The van der Waals surface area contributed by atoms with Crippen LogP contribution in [0.2, 0.25) is 5.02 Å². The lowest BCUT2D eigenvalue weighted by atomic mass is 9.80. The van der Waals surface area contributed by atoms with E-state index in [4.69, 9.17) is 11.6 Å². The number of hydrogen-bond donors (Lipinski definition) is 1. The lowest BCUT2D eigenvalue weighted by Gasteiger charge is -2.39. The lowest BCUT2D eigenvalue weighted by molar-refractivity contribution is 0.197. The Morgan fingerprint density at radius 1 is 1.67 bits per heavy atom. The van der Waals surface area contributed by atoms with Gasteiger partial charge in [0.25, 0.3) is 0 Å². The third-order valence-corrected chi connectivity index (χ3v) is 3.77. The van der Waals surface area contributed by atoms with Crippen LogP contribution in [0.25, 0.3) is 0 Å². The van der Waals surface area contributed by atoms with Gasteiger partial charge in [-0.1, -0.05) is 18.5 Å². The Bertz CT molecular complexity index is 278. The summed E-state index contributed by atoms with van der Waals surface area (Å²) in [6.45, 7) is 4.56. The molecule has 0 unspecified atom stereocenters. The Kier molecular flexibility index (Phi) is 2.15. The summed E-state index contributed by atoms with van der Waals surface area (Å²) < 4.78 is 0. The number of rotatable bonds is 2. The fraction of sp³-hybridized carbons (Fsp3) is 0.556. The first-order valence-electron chi connectivity index (χ1n) is 4.12. The Hall–Kier alpha value is -0.0500. The molecule has 66 valence electrons. The van der Waals surface area contributed by atoms with E-state index in [9.17, 15) is 0 Å². The predicted molar refractivity (Wildman–Crippen MR) is 54.0 cm³/mol. The van der Waals surface area contributed by atoms with Crippen molar-refractivity contribution in [2.24, 2.45) is 5.41 Å². The van der Waals surface area contributed by atoms with E-state index in [-0.39, 0.29) is 0 Å². The van der Waals surface area contributed by atoms with Gasteiger partial charge in [-0.3, -0.25) is 0 Å². The lowest BCUT2D eigenvalue weighted by Crippen LogP contribution is -2.52. The molecule has 1 nitrogen and oxygen atoms in total. The zero-order valence-electron chi connectivity index (χ0n) is 7.06.